The van der Waals surface area contributed by atoms with E-state index in [-0.39, 0.29) is 5.75 Å². The Morgan fingerprint density at radius 3 is 2.33 bits per heavy atom. The van der Waals surface area contributed by atoms with Crippen LogP contribution >= 0.6 is 0 Å². The van der Waals surface area contributed by atoms with E-state index in [0.717, 1.165) is 49.7 Å². The van der Waals surface area contributed by atoms with Gasteiger partial charge in [0.25, 0.3) is 0 Å². The largest absolute Gasteiger partial charge is 0.507 e. The molecule has 0 amide bonds. The number of hydrogen-bond acceptors (Lipinski definition) is 7. The molecular weight excluding hydrogens is 376 g/mol. The highest BCUT2D eigenvalue weighted by Crippen LogP contribution is 2.29. The maximum absolute atomic E-state index is 10.3. The molecule has 7 nitrogen and oxygen atoms in total. The highest BCUT2D eigenvalue weighted by Gasteiger charge is 2.25. The maximum atomic E-state index is 10.3. The Balaban J connectivity index is 1.49. The Bertz CT molecular complexity index is 944. The lowest BCUT2D eigenvalue weighted by molar-refractivity contribution is 0.285. The third kappa shape index (κ3) is 4.02. The zero-order valence-electron chi connectivity index (χ0n) is 17.6. The first-order valence-corrected chi connectivity index (χ1v) is 10.3. The molecule has 2 heterocycles. The molecule has 7 heteroatoms. The second-order valence-corrected chi connectivity index (χ2v) is 7.69. The first-order chi connectivity index (χ1) is 14.6. The highest BCUT2D eigenvalue weighted by molar-refractivity contribution is 5.72. The number of anilines is 1. The fraction of sp³-hybridized carbons (Fsp3) is 0.304. The van der Waals surface area contributed by atoms with Gasteiger partial charge in [0.1, 0.15) is 11.6 Å². The summed E-state index contributed by atoms with van der Waals surface area (Å²) < 4.78 is 0. The van der Waals surface area contributed by atoms with Crippen molar-refractivity contribution in [2.24, 2.45) is 5.73 Å². The number of nitrogens with zero attached hydrogens (tertiary/aromatic N) is 3. The molecule has 4 rings (SSSR count). The molecule has 0 saturated carbocycles. The van der Waals surface area contributed by atoms with E-state index < -0.39 is 0 Å². The molecule has 0 spiro atoms. The van der Waals surface area contributed by atoms with Crippen LogP contribution < -0.4 is 21.4 Å². The van der Waals surface area contributed by atoms with Crippen molar-refractivity contribution >= 4 is 11.4 Å². The van der Waals surface area contributed by atoms with E-state index >= 15 is 0 Å². The minimum Gasteiger partial charge on any atom is -0.507 e. The van der Waals surface area contributed by atoms with E-state index in [4.69, 9.17) is 5.73 Å². The van der Waals surface area contributed by atoms with Gasteiger partial charge in [-0.2, -0.15) is 0 Å². The summed E-state index contributed by atoms with van der Waals surface area (Å²) >= 11 is 0. The van der Waals surface area contributed by atoms with E-state index in [1.54, 1.807) is 6.07 Å². The lowest BCUT2D eigenvalue weighted by Crippen LogP contribution is -2.49. The van der Waals surface area contributed by atoms with Gasteiger partial charge in [-0.3, -0.25) is 10.4 Å². The summed E-state index contributed by atoms with van der Waals surface area (Å²) in [6, 6.07) is 16.1. The standard InChI is InChI=1S/C23H30N6O/c1-25-16-17-7-9-18(10-8-17)28-11-13-29(14-12-28)21-15-20(26-27(2)23(21)24)19-5-3-4-6-22(19)30/h3-10,15,25-26,30H,11-14,16,24H2,1-2H3. The Kier molecular flexibility index (Phi) is 5.72. The molecule has 0 aromatic heterocycles. The van der Waals surface area contributed by atoms with E-state index in [0.29, 0.717) is 5.82 Å². The highest BCUT2D eigenvalue weighted by atomic mass is 16.3. The van der Waals surface area contributed by atoms with Crippen molar-refractivity contribution in [3.63, 3.8) is 0 Å². The van der Waals surface area contributed by atoms with E-state index in [1.165, 1.54) is 11.3 Å². The minimum absolute atomic E-state index is 0.246. The van der Waals surface area contributed by atoms with Crippen LogP contribution in [-0.2, 0) is 6.54 Å². The van der Waals surface area contributed by atoms with Gasteiger partial charge in [0.2, 0.25) is 0 Å². The van der Waals surface area contributed by atoms with Crippen molar-refractivity contribution in [3.8, 4) is 5.75 Å². The summed E-state index contributed by atoms with van der Waals surface area (Å²) in [7, 11) is 3.86. The molecule has 1 fully saturated rings. The molecule has 2 aromatic carbocycles. The first-order valence-electron chi connectivity index (χ1n) is 10.3. The molecule has 0 atom stereocenters. The zero-order chi connectivity index (χ0) is 21.1. The lowest BCUT2D eigenvalue weighted by Gasteiger charge is -2.40. The van der Waals surface area contributed by atoms with Gasteiger partial charge in [-0.1, -0.05) is 24.3 Å². The number of nitrogens with one attached hydrogen (secondary N) is 2. The van der Waals surface area contributed by atoms with Crippen LogP contribution in [0.15, 0.2) is 66.1 Å². The van der Waals surface area contributed by atoms with Crippen LogP contribution in [0.3, 0.4) is 0 Å². The van der Waals surface area contributed by atoms with Gasteiger partial charge in [0.15, 0.2) is 0 Å². The smallest absolute Gasteiger partial charge is 0.141 e. The van der Waals surface area contributed by atoms with Gasteiger partial charge in [-0.25, -0.2) is 0 Å². The third-order valence-electron chi connectivity index (χ3n) is 5.69. The zero-order valence-corrected chi connectivity index (χ0v) is 17.6. The van der Waals surface area contributed by atoms with Gasteiger partial charge in [-0.15, -0.1) is 0 Å². The summed E-state index contributed by atoms with van der Waals surface area (Å²) in [5.41, 5.74) is 14.8. The molecule has 1 saturated heterocycles. The Hall–Kier alpha value is -3.32. The topological polar surface area (TPSA) is 80.0 Å². The Morgan fingerprint density at radius 2 is 1.67 bits per heavy atom. The summed E-state index contributed by atoms with van der Waals surface area (Å²) in [6.45, 7) is 4.51. The molecule has 5 N–H and O–H groups in total. The Morgan fingerprint density at radius 1 is 1.00 bits per heavy atom. The van der Waals surface area contributed by atoms with Crippen LogP contribution in [0, 0.1) is 0 Å². The average molecular weight is 407 g/mol. The van der Waals surface area contributed by atoms with Crippen molar-refractivity contribution in [2.75, 3.05) is 45.2 Å². The lowest BCUT2D eigenvalue weighted by atomic mass is 10.1. The second-order valence-electron chi connectivity index (χ2n) is 7.69. The molecule has 158 valence electrons. The summed E-state index contributed by atoms with van der Waals surface area (Å²) in [6.07, 6.45) is 2.03. The number of phenols is 1. The second kappa shape index (κ2) is 8.59. The van der Waals surface area contributed by atoms with Gasteiger partial charge in [0.05, 0.1) is 11.4 Å². The monoisotopic (exact) mass is 406 g/mol. The van der Waals surface area contributed by atoms with Crippen LogP contribution in [0.5, 0.6) is 5.75 Å². The fourth-order valence-corrected chi connectivity index (χ4v) is 3.98. The molecule has 0 aliphatic carbocycles. The molecule has 0 unspecified atom stereocenters. The third-order valence-corrected chi connectivity index (χ3v) is 5.69. The number of rotatable bonds is 5. The normalized spacial score (nSPS) is 17.1. The van der Waals surface area contributed by atoms with Crippen molar-refractivity contribution in [3.05, 3.63) is 77.3 Å². The van der Waals surface area contributed by atoms with Crippen molar-refractivity contribution in [1.82, 2.24) is 20.7 Å². The number of benzene rings is 2. The quantitative estimate of drug-likeness (QED) is 0.604. The van der Waals surface area contributed by atoms with E-state index in [1.807, 2.05) is 43.4 Å². The van der Waals surface area contributed by atoms with Crippen LogP contribution in [0.25, 0.3) is 5.70 Å². The predicted octanol–water partition coefficient (Wildman–Crippen LogP) is 1.85. The number of hydrogen-bond donors (Lipinski definition) is 4. The molecular formula is C23H30N6O. The van der Waals surface area contributed by atoms with Gasteiger partial charge in [0, 0.05) is 51.0 Å². The summed E-state index contributed by atoms with van der Waals surface area (Å²) in [5, 5.41) is 15.2. The van der Waals surface area contributed by atoms with Crippen molar-refractivity contribution < 1.29 is 5.11 Å². The number of piperazine rings is 1. The number of aromatic hydroxyl groups is 1. The van der Waals surface area contributed by atoms with Crippen LogP contribution in [0.1, 0.15) is 11.1 Å². The summed E-state index contributed by atoms with van der Waals surface area (Å²) in [4.78, 5) is 4.73. The van der Waals surface area contributed by atoms with Crippen LogP contribution in [0.4, 0.5) is 5.69 Å². The van der Waals surface area contributed by atoms with Crippen molar-refractivity contribution in [2.45, 2.75) is 6.54 Å². The summed E-state index contributed by atoms with van der Waals surface area (Å²) in [5.74, 6) is 0.926. The van der Waals surface area contributed by atoms with E-state index in [9.17, 15) is 5.11 Å². The maximum Gasteiger partial charge on any atom is 0.141 e. The molecule has 0 bridgehead atoms. The van der Waals surface area contributed by atoms with Gasteiger partial charge < -0.3 is 26.0 Å². The number of phenolic OH excluding ortho intramolecular Hbond substituents is 1. The van der Waals surface area contributed by atoms with E-state index in [2.05, 4.69) is 44.8 Å². The molecule has 2 aromatic rings. The van der Waals surface area contributed by atoms with Crippen LogP contribution in [-0.4, -0.2) is 55.3 Å². The molecule has 2 aliphatic heterocycles. The average Bonchev–Trinajstić information content (AvgIpc) is 2.77. The number of nitrogens with two attached hydrogens (primary N) is 1. The SMILES string of the molecule is CNCc1ccc(N2CCN(C3=C(N)N(C)NC(c4ccccc4O)=C3)CC2)cc1. The Labute approximate surface area is 178 Å². The van der Waals surface area contributed by atoms with Gasteiger partial charge >= 0.3 is 0 Å². The first kappa shape index (κ1) is 20.0. The number of para-hydroxylation sites is 1. The molecule has 0 radical (unpaired) electrons. The number of hydrazine groups is 1. The van der Waals surface area contributed by atoms with Crippen molar-refractivity contribution in [1.29, 1.82) is 0 Å². The minimum atomic E-state index is 0.246. The molecule has 30 heavy (non-hydrogen) atoms. The fourth-order valence-electron chi connectivity index (χ4n) is 3.98. The van der Waals surface area contributed by atoms with Crippen LogP contribution in [0.2, 0.25) is 0 Å². The molecule has 2 aliphatic rings. The number of allylic oxidation sites excluding steroid dienone is 1. The predicted molar refractivity (Wildman–Crippen MR) is 121 cm³/mol. The van der Waals surface area contributed by atoms with Gasteiger partial charge in [-0.05, 0) is 43.0 Å².